The second kappa shape index (κ2) is 7.64. The molecule has 0 unspecified atom stereocenters. The highest BCUT2D eigenvalue weighted by molar-refractivity contribution is 7.11. The molecule has 0 saturated carbocycles. The van der Waals surface area contributed by atoms with Gasteiger partial charge in [0.15, 0.2) is 0 Å². The molecule has 1 aromatic carbocycles. The van der Waals surface area contributed by atoms with Crippen molar-refractivity contribution in [1.82, 2.24) is 4.68 Å². The molecule has 126 valence electrons. The first kappa shape index (κ1) is 17.5. The van der Waals surface area contributed by atoms with E-state index in [1.54, 1.807) is 43.9 Å². The maximum absolute atomic E-state index is 11.9. The minimum Gasteiger partial charge on any atom is -0.462 e. The van der Waals surface area contributed by atoms with E-state index < -0.39 is 10.9 Å². The average Bonchev–Trinajstić information content (AvgIpc) is 2.89. The van der Waals surface area contributed by atoms with Crippen LogP contribution in [0.15, 0.2) is 34.4 Å². The number of carbonyl (C=O) groups is 1. The number of ether oxygens (including phenoxy) is 1. The predicted octanol–water partition coefficient (Wildman–Crippen LogP) is 2.36. The molecule has 0 fully saturated rings. The molecule has 0 aliphatic rings. The van der Waals surface area contributed by atoms with Crippen LogP contribution in [-0.4, -0.2) is 35.4 Å². The largest absolute Gasteiger partial charge is 0.462 e. The van der Waals surface area contributed by atoms with Crippen LogP contribution in [0, 0.1) is 17.0 Å². The lowest BCUT2D eigenvalue weighted by Gasteiger charge is -2.01. The molecule has 2 rings (SSSR count). The van der Waals surface area contributed by atoms with E-state index in [2.05, 4.69) is 10.1 Å². The van der Waals surface area contributed by atoms with Crippen molar-refractivity contribution < 1.29 is 14.5 Å². The normalized spacial score (nSPS) is 11.9. The Kier molecular flexibility index (Phi) is 5.59. The number of benzene rings is 1. The Morgan fingerprint density at radius 3 is 2.62 bits per heavy atom. The van der Waals surface area contributed by atoms with Crippen LogP contribution in [0.5, 0.6) is 0 Å². The van der Waals surface area contributed by atoms with E-state index in [1.165, 1.54) is 23.5 Å². The summed E-state index contributed by atoms with van der Waals surface area (Å²) < 4.78 is 6.56. The quantitative estimate of drug-likeness (QED) is 0.358. The summed E-state index contributed by atoms with van der Waals surface area (Å²) in [6, 6.07) is 6.00. The van der Waals surface area contributed by atoms with Crippen LogP contribution in [0.2, 0.25) is 0 Å². The average molecular weight is 348 g/mol. The standard InChI is InChI=1S/C15H16N4O4S/c1-4-23-14(20)13-10(2)18(15(16-3)24-13)17-9-11-5-7-12(8-6-11)19(21)22/h5-9H,4H2,1-3H3/b16-15?,17-9+. The minimum absolute atomic E-state index is 0.0142. The molecule has 0 aliphatic heterocycles. The zero-order valence-corrected chi connectivity index (χ0v) is 14.2. The van der Waals surface area contributed by atoms with Crippen molar-refractivity contribution in [2.45, 2.75) is 13.8 Å². The van der Waals surface area contributed by atoms with Gasteiger partial charge in [0.2, 0.25) is 4.80 Å². The van der Waals surface area contributed by atoms with E-state index in [0.717, 1.165) is 0 Å². The van der Waals surface area contributed by atoms with Crippen LogP contribution in [-0.2, 0) is 4.74 Å². The predicted molar refractivity (Wildman–Crippen MR) is 90.6 cm³/mol. The third kappa shape index (κ3) is 3.74. The van der Waals surface area contributed by atoms with Gasteiger partial charge in [-0.3, -0.25) is 15.1 Å². The molecule has 2 aromatic rings. The maximum Gasteiger partial charge on any atom is 0.350 e. The Hall–Kier alpha value is -2.81. The third-order valence-electron chi connectivity index (χ3n) is 3.10. The Bertz CT molecular complexity index is 849. The number of nitrogens with zero attached hydrogens (tertiary/aromatic N) is 4. The summed E-state index contributed by atoms with van der Waals surface area (Å²) in [5.41, 5.74) is 1.33. The molecular weight excluding hydrogens is 332 g/mol. The zero-order chi connectivity index (χ0) is 17.7. The molecule has 8 nitrogen and oxygen atoms in total. The first-order chi connectivity index (χ1) is 11.5. The number of esters is 1. The lowest BCUT2D eigenvalue weighted by Crippen LogP contribution is -2.12. The van der Waals surface area contributed by atoms with Crippen LogP contribution >= 0.6 is 11.3 Å². The van der Waals surface area contributed by atoms with Crippen LogP contribution in [0.1, 0.15) is 27.9 Å². The van der Waals surface area contributed by atoms with Gasteiger partial charge < -0.3 is 4.74 Å². The maximum atomic E-state index is 11.9. The minimum atomic E-state index is -0.460. The number of nitro benzene ring substituents is 1. The summed E-state index contributed by atoms with van der Waals surface area (Å²) in [5, 5.41) is 15.0. The monoisotopic (exact) mass is 348 g/mol. The topological polar surface area (TPSA) is 99.1 Å². The number of hydrogen-bond acceptors (Lipinski definition) is 7. The van der Waals surface area contributed by atoms with Gasteiger partial charge in [-0.05, 0) is 31.5 Å². The third-order valence-corrected chi connectivity index (χ3v) is 4.30. The smallest absolute Gasteiger partial charge is 0.350 e. The molecule has 0 atom stereocenters. The lowest BCUT2D eigenvalue weighted by atomic mass is 10.2. The summed E-state index contributed by atoms with van der Waals surface area (Å²) in [5.74, 6) is -0.408. The molecule has 9 heteroatoms. The van der Waals surface area contributed by atoms with E-state index in [1.807, 2.05) is 0 Å². The molecular formula is C15H16N4O4S. The van der Waals surface area contributed by atoms with Crippen LogP contribution in [0.3, 0.4) is 0 Å². The number of nitro groups is 1. The van der Waals surface area contributed by atoms with Gasteiger partial charge in [0, 0.05) is 19.2 Å². The van der Waals surface area contributed by atoms with Crippen LogP contribution < -0.4 is 4.80 Å². The summed E-state index contributed by atoms with van der Waals surface area (Å²) in [7, 11) is 1.61. The summed E-state index contributed by atoms with van der Waals surface area (Å²) in [6.45, 7) is 3.79. The number of carbonyl (C=O) groups excluding carboxylic acids is 1. The fraction of sp³-hybridized carbons (Fsp3) is 0.267. The summed E-state index contributed by atoms with van der Waals surface area (Å²) in [6.07, 6.45) is 1.55. The van der Waals surface area contributed by atoms with E-state index in [-0.39, 0.29) is 5.69 Å². The number of thiazole rings is 1. The number of aromatic nitrogens is 1. The van der Waals surface area contributed by atoms with Gasteiger partial charge in [0.1, 0.15) is 4.88 Å². The summed E-state index contributed by atoms with van der Waals surface area (Å²) in [4.78, 5) is 27.2. The fourth-order valence-corrected chi connectivity index (χ4v) is 2.84. The Labute approximate surface area is 141 Å². The molecule has 1 aromatic heterocycles. The van der Waals surface area contributed by atoms with Gasteiger partial charge in [-0.2, -0.15) is 5.10 Å². The molecule has 24 heavy (non-hydrogen) atoms. The SMILES string of the molecule is CCOC(=O)c1sc(=NC)n(/N=C/c2ccc([N+](=O)[O-])cc2)c1C. The zero-order valence-electron chi connectivity index (χ0n) is 13.4. The number of hydrogen-bond donors (Lipinski definition) is 0. The van der Waals surface area contributed by atoms with Crippen molar-refractivity contribution >= 4 is 29.2 Å². The van der Waals surface area contributed by atoms with E-state index in [4.69, 9.17) is 4.74 Å². The second-order valence-corrected chi connectivity index (χ2v) is 5.63. The van der Waals surface area contributed by atoms with E-state index in [9.17, 15) is 14.9 Å². The van der Waals surface area contributed by atoms with Gasteiger partial charge in [-0.15, -0.1) is 0 Å². The van der Waals surface area contributed by atoms with Crippen molar-refractivity contribution in [3.8, 4) is 0 Å². The molecule has 0 saturated heterocycles. The molecule has 0 aliphatic carbocycles. The van der Waals surface area contributed by atoms with Crippen molar-refractivity contribution in [2.75, 3.05) is 13.7 Å². The molecule has 0 spiro atoms. The van der Waals surface area contributed by atoms with Crippen molar-refractivity contribution in [3.05, 3.63) is 55.3 Å². The lowest BCUT2D eigenvalue weighted by molar-refractivity contribution is -0.384. The molecule has 0 radical (unpaired) electrons. The van der Waals surface area contributed by atoms with Crippen LogP contribution in [0.25, 0.3) is 0 Å². The van der Waals surface area contributed by atoms with Crippen molar-refractivity contribution in [3.63, 3.8) is 0 Å². The highest BCUT2D eigenvalue weighted by Crippen LogP contribution is 2.14. The second-order valence-electron chi connectivity index (χ2n) is 4.65. The highest BCUT2D eigenvalue weighted by Gasteiger charge is 2.17. The van der Waals surface area contributed by atoms with Crippen molar-refractivity contribution in [2.24, 2.45) is 10.1 Å². The summed E-state index contributed by atoms with van der Waals surface area (Å²) >= 11 is 1.19. The Morgan fingerprint density at radius 2 is 2.08 bits per heavy atom. The number of non-ortho nitro benzene ring substituents is 1. The molecule has 0 bridgehead atoms. The van der Waals surface area contributed by atoms with E-state index >= 15 is 0 Å². The van der Waals surface area contributed by atoms with Gasteiger partial charge in [0.05, 0.1) is 23.4 Å². The molecule has 1 heterocycles. The van der Waals surface area contributed by atoms with Gasteiger partial charge in [-0.25, -0.2) is 9.47 Å². The fourth-order valence-electron chi connectivity index (χ4n) is 1.92. The van der Waals surface area contributed by atoms with Gasteiger partial charge >= 0.3 is 5.97 Å². The molecule has 0 N–H and O–H groups in total. The van der Waals surface area contributed by atoms with Crippen molar-refractivity contribution in [1.29, 1.82) is 0 Å². The Balaban J connectivity index is 2.35. The first-order valence-electron chi connectivity index (χ1n) is 7.09. The first-order valence-corrected chi connectivity index (χ1v) is 7.90. The van der Waals surface area contributed by atoms with E-state index in [0.29, 0.717) is 27.5 Å². The van der Waals surface area contributed by atoms with Gasteiger partial charge in [-0.1, -0.05) is 11.3 Å². The van der Waals surface area contributed by atoms with Crippen LogP contribution in [0.4, 0.5) is 5.69 Å². The molecule has 0 amide bonds. The number of rotatable bonds is 5. The highest BCUT2D eigenvalue weighted by atomic mass is 32.1. The van der Waals surface area contributed by atoms with Gasteiger partial charge in [0.25, 0.3) is 5.69 Å². The Morgan fingerprint density at radius 1 is 1.42 bits per heavy atom.